The number of hydrogen-bond donors (Lipinski definition) is 2. The van der Waals surface area contributed by atoms with Crippen molar-refractivity contribution >= 4 is 11.8 Å². The molecule has 1 aromatic rings. The molecular formula is C16H25NO3S. The van der Waals surface area contributed by atoms with Crippen LogP contribution >= 0.6 is 11.8 Å². The van der Waals surface area contributed by atoms with Crippen LogP contribution in [0.1, 0.15) is 25.8 Å². The number of thioether (sulfide) groups is 1. The van der Waals surface area contributed by atoms with Gasteiger partial charge in [0.05, 0.1) is 0 Å². The molecule has 1 atom stereocenters. The van der Waals surface area contributed by atoms with Gasteiger partial charge in [-0.25, -0.2) is 0 Å². The minimum atomic E-state index is 0.215. The van der Waals surface area contributed by atoms with E-state index < -0.39 is 0 Å². The van der Waals surface area contributed by atoms with Gasteiger partial charge in [0.1, 0.15) is 13.2 Å². The lowest BCUT2D eigenvalue weighted by Crippen LogP contribution is -2.34. The average molecular weight is 311 g/mol. The van der Waals surface area contributed by atoms with Gasteiger partial charge in [0, 0.05) is 24.1 Å². The first kappa shape index (κ1) is 16.5. The van der Waals surface area contributed by atoms with Crippen molar-refractivity contribution in [2.75, 3.05) is 26.1 Å². The maximum absolute atomic E-state index is 9.16. The molecular weight excluding hydrogens is 286 g/mol. The Bertz CT molecular complexity index is 465. The van der Waals surface area contributed by atoms with Crippen LogP contribution in [0.5, 0.6) is 11.5 Å². The molecule has 0 radical (unpaired) electrons. The van der Waals surface area contributed by atoms with Gasteiger partial charge in [-0.2, -0.15) is 0 Å². The van der Waals surface area contributed by atoms with Crippen molar-refractivity contribution in [2.45, 2.75) is 37.8 Å². The van der Waals surface area contributed by atoms with Crippen molar-refractivity contribution in [3.8, 4) is 11.5 Å². The van der Waals surface area contributed by atoms with Gasteiger partial charge in [-0.15, -0.1) is 11.8 Å². The maximum atomic E-state index is 9.16. The van der Waals surface area contributed by atoms with Gasteiger partial charge in [0.25, 0.3) is 0 Å². The zero-order valence-corrected chi connectivity index (χ0v) is 13.8. The molecule has 0 fully saturated rings. The number of rotatable bonds is 7. The second-order valence-corrected chi connectivity index (χ2v) is 6.40. The Morgan fingerprint density at radius 1 is 1.24 bits per heavy atom. The van der Waals surface area contributed by atoms with E-state index in [4.69, 9.17) is 14.6 Å². The Balaban J connectivity index is 2.11. The molecule has 1 aliphatic heterocycles. The summed E-state index contributed by atoms with van der Waals surface area (Å²) in [6, 6.07) is 4.45. The SMILES string of the molecule is CSc1cc2c(cc1CNC(CCO)C(C)C)OCCO2. The Labute approximate surface area is 131 Å². The zero-order valence-electron chi connectivity index (χ0n) is 13.0. The molecule has 2 N–H and O–H groups in total. The molecule has 21 heavy (non-hydrogen) atoms. The predicted molar refractivity (Wildman–Crippen MR) is 86.4 cm³/mol. The Morgan fingerprint density at radius 2 is 1.90 bits per heavy atom. The highest BCUT2D eigenvalue weighted by atomic mass is 32.2. The van der Waals surface area contributed by atoms with Crippen LogP contribution in [-0.4, -0.2) is 37.2 Å². The molecule has 118 valence electrons. The molecule has 0 aromatic heterocycles. The summed E-state index contributed by atoms with van der Waals surface area (Å²) in [6.45, 7) is 6.56. The first-order valence-electron chi connectivity index (χ1n) is 7.46. The van der Waals surface area contributed by atoms with Crippen molar-refractivity contribution in [1.29, 1.82) is 0 Å². The Kier molecular flexibility index (Phi) is 6.21. The van der Waals surface area contributed by atoms with E-state index in [9.17, 15) is 0 Å². The summed E-state index contributed by atoms with van der Waals surface area (Å²) in [5, 5.41) is 12.7. The molecule has 0 saturated carbocycles. The van der Waals surface area contributed by atoms with Crippen LogP contribution in [0.4, 0.5) is 0 Å². The summed E-state index contributed by atoms with van der Waals surface area (Å²) >= 11 is 1.72. The third kappa shape index (κ3) is 4.28. The van der Waals surface area contributed by atoms with Crippen molar-refractivity contribution in [3.63, 3.8) is 0 Å². The monoisotopic (exact) mass is 311 g/mol. The maximum Gasteiger partial charge on any atom is 0.162 e. The number of aliphatic hydroxyl groups excluding tert-OH is 1. The van der Waals surface area contributed by atoms with Crippen molar-refractivity contribution < 1.29 is 14.6 Å². The molecule has 5 heteroatoms. The quantitative estimate of drug-likeness (QED) is 0.758. The normalized spacial score (nSPS) is 15.3. The van der Waals surface area contributed by atoms with E-state index in [1.54, 1.807) is 11.8 Å². The number of aliphatic hydroxyl groups is 1. The second-order valence-electron chi connectivity index (χ2n) is 5.55. The van der Waals surface area contributed by atoms with E-state index in [0.29, 0.717) is 25.2 Å². The van der Waals surface area contributed by atoms with E-state index in [0.717, 1.165) is 24.5 Å². The molecule has 4 nitrogen and oxygen atoms in total. The second kappa shape index (κ2) is 7.92. The fraction of sp³-hybridized carbons (Fsp3) is 0.625. The van der Waals surface area contributed by atoms with Gasteiger partial charge >= 0.3 is 0 Å². The van der Waals surface area contributed by atoms with Crippen molar-refractivity contribution in [3.05, 3.63) is 17.7 Å². The fourth-order valence-electron chi connectivity index (χ4n) is 2.49. The van der Waals surface area contributed by atoms with Crippen LogP contribution in [0.3, 0.4) is 0 Å². The first-order valence-corrected chi connectivity index (χ1v) is 8.69. The lowest BCUT2D eigenvalue weighted by molar-refractivity contribution is 0.170. The number of ether oxygens (including phenoxy) is 2. The van der Waals surface area contributed by atoms with Crippen LogP contribution in [0.15, 0.2) is 17.0 Å². The number of nitrogens with one attached hydrogen (secondary N) is 1. The molecule has 0 spiro atoms. The Morgan fingerprint density at radius 3 is 2.48 bits per heavy atom. The first-order chi connectivity index (χ1) is 10.2. The summed E-state index contributed by atoms with van der Waals surface area (Å²) in [5.41, 5.74) is 1.22. The molecule has 0 saturated heterocycles. The van der Waals surface area contributed by atoms with Crippen LogP contribution in [-0.2, 0) is 6.54 Å². The van der Waals surface area contributed by atoms with E-state index in [1.165, 1.54) is 10.5 Å². The van der Waals surface area contributed by atoms with Gasteiger partial charge in [-0.3, -0.25) is 0 Å². The van der Waals surface area contributed by atoms with E-state index in [2.05, 4.69) is 37.6 Å². The fourth-order valence-corrected chi connectivity index (χ4v) is 3.11. The highest BCUT2D eigenvalue weighted by Gasteiger charge is 2.17. The number of hydrogen-bond acceptors (Lipinski definition) is 5. The third-order valence-electron chi connectivity index (χ3n) is 3.74. The predicted octanol–water partition coefficient (Wildman–Crippen LogP) is 2.68. The van der Waals surface area contributed by atoms with Crippen LogP contribution in [0.25, 0.3) is 0 Å². The van der Waals surface area contributed by atoms with Gasteiger partial charge in [-0.1, -0.05) is 13.8 Å². The summed E-state index contributed by atoms with van der Waals surface area (Å²) in [7, 11) is 0. The van der Waals surface area contributed by atoms with E-state index >= 15 is 0 Å². The molecule has 1 aromatic carbocycles. The highest BCUT2D eigenvalue weighted by molar-refractivity contribution is 7.98. The largest absolute Gasteiger partial charge is 0.486 e. The topological polar surface area (TPSA) is 50.7 Å². The van der Waals surface area contributed by atoms with Crippen LogP contribution < -0.4 is 14.8 Å². The Hall–Kier alpha value is -0.910. The van der Waals surface area contributed by atoms with Gasteiger partial charge in [-0.05, 0) is 36.3 Å². The summed E-state index contributed by atoms with van der Waals surface area (Å²) < 4.78 is 11.3. The number of benzene rings is 1. The minimum absolute atomic E-state index is 0.215. The molecule has 0 amide bonds. The molecule has 1 unspecified atom stereocenters. The molecule has 1 aliphatic rings. The molecule has 0 aliphatic carbocycles. The summed E-state index contributed by atoms with van der Waals surface area (Å²) in [4.78, 5) is 1.21. The minimum Gasteiger partial charge on any atom is -0.486 e. The summed E-state index contributed by atoms with van der Waals surface area (Å²) in [6.07, 6.45) is 2.85. The lowest BCUT2D eigenvalue weighted by atomic mass is 10.0. The number of fused-ring (bicyclic) bond motifs is 1. The molecule has 0 bridgehead atoms. The van der Waals surface area contributed by atoms with Crippen LogP contribution in [0, 0.1) is 5.92 Å². The van der Waals surface area contributed by atoms with E-state index in [-0.39, 0.29) is 6.61 Å². The molecule has 2 rings (SSSR count). The standard InChI is InChI=1S/C16H25NO3S/c1-11(2)13(4-5-18)17-10-12-8-14-15(9-16(12)21-3)20-7-6-19-14/h8-9,11,13,17-18H,4-7,10H2,1-3H3. The summed E-state index contributed by atoms with van der Waals surface area (Å²) in [5.74, 6) is 2.16. The zero-order chi connectivity index (χ0) is 15.2. The van der Waals surface area contributed by atoms with Gasteiger partial charge in [0.15, 0.2) is 11.5 Å². The average Bonchev–Trinajstić information content (AvgIpc) is 2.50. The van der Waals surface area contributed by atoms with E-state index in [1.807, 2.05) is 0 Å². The van der Waals surface area contributed by atoms with Crippen molar-refractivity contribution in [2.24, 2.45) is 5.92 Å². The van der Waals surface area contributed by atoms with Gasteiger partial charge in [0.2, 0.25) is 0 Å². The van der Waals surface area contributed by atoms with Crippen molar-refractivity contribution in [1.82, 2.24) is 5.32 Å². The van der Waals surface area contributed by atoms with Gasteiger partial charge < -0.3 is 19.9 Å². The third-order valence-corrected chi connectivity index (χ3v) is 4.56. The lowest BCUT2D eigenvalue weighted by Gasteiger charge is -2.24. The molecule has 1 heterocycles. The highest BCUT2D eigenvalue weighted by Crippen LogP contribution is 2.36. The van der Waals surface area contributed by atoms with Crippen LogP contribution in [0.2, 0.25) is 0 Å². The smallest absolute Gasteiger partial charge is 0.162 e.